The number of carboxylic acids is 1. The van der Waals surface area contributed by atoms with Crippen molar-refractivity contribution in [1.82, 2.24) is 15.0 Å². The normalized spacial score (nSPS) is 19.4. The molecule has 3 rings (SSSR count). The summed E-state index contributed by atoms with van der Waals surface area (Å²) in [5.74, 6) is -0.494. The summed E-state index contributed by atoms with van der Waals surface area (Å²) in [5, 5.41) is 22.8. The number of aliphatic carboxylic acids is 1. The van der Waals surface area contributed by atoms with Crippen LogP contribution in [0.4, 0.5) is 0 Å². The topological polar surface area (TPSA) is 126 Å². The molecule has 9 heteroatoms. The molecule has 150 valence electrons. The van der Waals surface area contributed by atoms with Crippen LogP contribution in [0.1, 0.15) is 25.2 Å². The van der Waals surface area contributed by atoms with Crippen molar-refractivity contribution in [2.24, 2.45) is 5.92 Å². The van der Waals surface area contributed by atoms with Gasteiger partial charge in [0.1, 0.15) is 11.7 Å². The lowest BCUT2D eigenvalue weighted by Crippen LogP contribution is -2.48. The third-order valence-electron chi connectivity index (χ3n) is 4.84. The molecule has 0 radical (unpaired) electrons. The van der Waals surface area contributed by atoms with Gasteiger partial charge >= 0.3 is 5.97 Å². The fourth-order valence-electron chi connectivity index (χ4n) is 3.17. The molecule has 1 aromatic carbocycles. The number of benzene rings is 1. The molecule has 2 aromatic rings. The van der Waals surface area contributed by atoms with Crippen LogP contribution in [-0.2, 0) is 16.0 Å². The van der Waals surface area contributed by atoms with Gasteiger partial charge in [-0.15, -0.1) is 0 Å². The van der Waals surface area contributed by atoms with Gasteiger partial charge in [-0.05, 0) is 37.1 Å². The number of hydrogen-bond donors (Lipinski definition) is 2. The van der Waals surface area contributed by atoms with Crippen LogP contribution < -0.4 is 4.74 Å². The molecule has 0 saturated carbocycles. The summed E-state index contributed by atoms with van der Waals surface area (Å²) in [6.07, 6.45) is 0.588. The summed E-state index contributed by atoms with van der Waals surface area (Å²) in [6, 6.07) is 7.29. The van der Waals surface area contributed by atoms with Gasteiger partial charge in [0.05, 0.1) is 13.2 Å². The molecule has 0 bridgehead atoms. The minimum Gasteiger partial charge on any atom is -0.497 e. The number of amides is 1. The number of hydrogen-bond acceptors (Lipinski definition) is 7. The van der Waals surface area contributed by atoms with Crippen LogP contribution in [0.3, 0.4) is 0 Å². The largest absolute Gasteiger partial charge is 0.497 e. The number of ether oxygens (including phenoxy) is 1. The number of nitrogens with zero attached hydrogens (tertiary/aromatic N) is 3. The Hall–Kier alpha value is -2.94. The maximum atomic E-state index is 12.3. The van der Waals surface area contributed by atoms with Crippen LogP contribution in [-0.4, -0.2) is 63.4 Å². The standard InChI is InChI=1S/C19H23N3O6/c1-27-13-7-5-12(6-8-13)18-20-16(28-21-18)3-2-4-17(24)22-10-9-15(23)14(11-22)19(25)26/h5-8,14-15,23H,2-4,9-11H2,1H3,(H,25,26)/t14-,15-/m0/s1. The Morgan fingerprint density at radius 1 is 1.32 bits per heavy atom. The Balaban J connectivity index is 1.49. The molecule has 2 atom stereocenters. The lowest BCUT2D eigenvalue weighted by Gasteiger charge is -2.34. The first-order chi connectivity index (χ1) is 13.5. The van der Waals surface area contributed by atoms with Gasteiger partial charge < -0.3 is 24.4 Å². The average molecular weight is 389 g/mol. The van der Waals surface area contributed by atoms with Crippen molar-refractivity contribution in [1.29, 1.82) is 0 Å². The van der Waals surface area contributed by atoms with Gasteiger partial charge in [0, 0.05) is 31.5 Å². The third kappa shape index (κ3) is 4.66. The molecule has 0 unspecified atom stereocenters. The highest BCUT2D eigenvalue weighted by Gasteiger charge is 2.34. The van der Waals surface area contributed by atoms with Crippen molar-refractivity contribution >= 4 is 11.9 Å². The fraction of sp³-hybridized carbons (Fsp3) is 0.474. The number of rotatable bonds is 7. The molecule has 1 aliphatic rings. The molecule has 1 amide bonds. The molecular weight excluding hydrogens is 366 g/mol. The predicted molar refractivity (Wildman–Crippen MR) is 97.6 cm³/mol. The van der Waals surface area contributed by atoms with Crippen LogP contribution in [0.15, 0.2) is 28.8 Å². The van der Waals surface area contributed by atoms with Crippen molar-refractivity contribution < 1.29 is 29.1 Å². The van der Waals surface area contributed by atoms with E-state index in [9.17, 15) is 14.7 Å². The minimum absolute atomic E-state index is 0.0392. The second-order valence-corrected chi connectivity index (χ2v) is 6.73. The molecule has 2 N–H and O–H groups in total. The lowest BCUT2D eigenvalue weighted by molar-refractivity contribution is -0.151. The number of carboxylic acid groups (broad SMARTS) is 1. The number of aliphatic hydroxyl groups excluding tert-OH is 1. The smallest absolute Gasteiger partial charge is 0.310 e. The van der Waals surface area contributed by atoms with Gasteiger partial charge in [-0.2, -0.15) is 4.98 Å². The third-order valence-corrected chi connectivity index (χ3v) is 4.84. The first-order valence-electron chi connectivity index (χ1n) is 9.13. The number of carbonyl (C=O) groups is 2. The van der Waals surface area contributed by atoms with Crippen LogP contribution in [0, 0.1) is 5.92 Å². The summed E-state index contributed by atoms with van der Waals surface area (Å²) in [5.41, 5.74) is 0.804. The van der Waals surface area contributed by atoms with Gasteiger partial charge in [-0.1, -0.05) is 5.16 Å². The highest BCUT2D eigenvalue weighted by molar-refractivity contribution is 5.78. The number of piperidine rings is 1. The maximum Gasteiger partial charge on any atom is 0.310 e. The van der Waals surface area contributed by atoms with Crippen molar-refractivity contribution in [2.75, 3.05) is 20.2 Å². The number of aryl methyl sites for hydroxylation is 1. The van der Waals surface area contributed by atoms with E-state index < -0.39 is 18.0 Å². The molecule has 1 saturated heterocycles. The van der Waals surface area contributed by atoms with Gasteiger partial charge in [-0.25, -0.2) is 0 Å². The molecule has 1 aliphatic heterocycles. The number of aromatic nitrogens is 2. The number of carbonyl (C=O) groups excluding carboxylic acids is 1. The van der Waals surface area contributed by atoms with E-state index in [1.54, 1.807) is 7.11 Å². The number of methoxy groups -OCH3 is 1. The number of likely N-dealkylation sites (tertiary alicyclic amines) is 1. The van der Waals surface area contributed by atoms with Gasteiger partial charge in [0.25, 0.3) is 0 Å². The van der Waals surface area contributed by atoms with Crippen molar-refractivity contribution in [3.05, 3.63) is 30.2 Å². The summed E-state index contributed by atoms with van der Waals surface area (Å²) in [4.78, 5) is 29.3. The maximum absolute atomic E-state index is 12.3. The van der Waals surface area contributed by atoms with Crippen molar-refractivity contribution in [2.45, 2.75) is 31.8 Å². The zero-order valence-electron chi connectivity index (χ0n) is 15.6. The van der Waals surface area contributed by atoms with Gasteiger partial charge in [0.15, 0.2) is 0 Å². The van der Waals surface area contributed by atoms with Crippen LogP contribution >= 0.6 is 0 Å². The highest BCUT2D eigenvalue weighted by Crippen LogP contribution is 2.21. The Morgan fingerprint density at radius 3 is 2.75 bits per heavy atom. The van der Waals surface area contributed by atoms with E-state index in [1.165, 1.54) is 4.90 Å². The molecule has 1 aromatic heterocycles. The SMILES string of the molecule is COc1ccc(-c2noc(CCCC(=O)N3CC[C@H](O)[C@@H](C(=O)O)C3)n2)cc1. The average Bonchev–Trinajstić information content (AvgIpc) is 3.17. The summed E-state index contributed by atoms with van der Waals surface area (Å²) >= 11 is 0. The van der Waals surface area contributed by atoms with Gasteiger partial charge in [0.2, 0.25) is 17.6 Å². The number of aliphatic hydroxyl groups is 1. The van der Waals surface area contributed by atoms with Crippen molar-refractivity contribution in [3.63, 3.8) is 0 Å². The summed E-state index contributed by atoms with van der Waals surface area (Å²) < 4.78 is 10.4. The first kappa shape index (κ1) is 19.8. The van der Waals surface area contributed by atoms with E-state index in [0.29, 0.717) is 31.1 Å². The van der Waals surface area contributed by atoms with Gasteiger partial charge in [-0.3, -0.25) is 9.59 Å². The zero-order chi connectivity index (χ0) is 20.1. The first-order valence-corrected chi connectivity index (χ1v) is 9.13. The van der Waals surface area contributed by atoms with E-state index in [2.05, 4.69) is 10.1 Å². The fourth-order valence-corrected chi connectivity index (χ4v) is 3.17. The molecule has 0 spiro atoms. The quantitative estimate of drug-likeness (QED) is 0.727. The zero-order valence-corrected chi connectivity index (χ0v) is 15.6. The van der Waals surface area contributed by atoms with Crippen LogP contribution in [0.5, 0.6) is 5.75 Å². The van der Waals surface area contributed by atoms with E-state index in [0.717, 1.165) is 11.3 Å². The Kier molecular flexibility index (Phi) is 6.25. The monoisotopic (exact) mass is 389 g/mol. The van der Waals surface area contributed by atoms with E-state index in [1.807, 2.05) is 24.3 Å². The molecule has 9 nitrogen and oxygen atoms in total. The second kappa shape index (κ2) is 8.83. The lowest BCUT2D eigenvalue weighted by atomic mass is 9.94. The highest BCUT2D eigenvalue weighted by atomic mass is 16.5. The minimum atomic E-state index is -1.08. The van der Waals surface area contributed by atoms with Crippen molar-refractivity contribution in [3.8, 4) is 17.1 Å². The van der Waals surface area contributed by atoms with E-state index in [-0.39, 0.29) is 25.3 Å². The summed E-state index contributed by atoms with van der Waals surface area (Å²) in [6.45, 7) is 0.406. The molecule has 28 heavy (non-hydrogen) atoms. The Morgan fingerprint density at radius 2 is 2.07 bits per heavy atom. The Labute approximate surface area is 161 Å². The molecule has 2 heterocycles. The molecule has 0 aliphatic carbocycles. The summed E-state index contributed by atoms with van der Waals surface area (Å²) in [7, 11) is 1.59. The van der Waals surface area contributed by atoms with E-state index in [4.69, 9.17) is 14.4 Å². The van der Waals surface area contributed by atoms with Crippen LogP contribution in [0.25, 0.3) is 11.4 Å². The predicted octanol–water partition coefficient (Wildman–Crippen LogP) is 1.36. The van der Waals surface area contributed by atoms with Crippen LogP contribution in [0.2, 0.25) is 0 Å². The second-order valence-electron chi connectivity index (χ2n) is 6.73. The van der Waals surface area contributed by atoms with E-state index >= 15 is 0 Å². The Bertz CT molecular complexity index is 819. The molecular formula is C19H23N3O6. The molecule has 1 fully saturated rings.